The van der Waals surface area contributed by atoms with Crippen LogP contribution in [0.15, 0.2) is 0 Å². The van der Waals surface area contributed by atoms with Crippen molar-refractivity contribution in [3.63, 3.8) is 0 Å². The molecule has 1 rings (SSSR count). The molecular weight excluding hydrogens is 164 g/mol. The van der Waals surface area contributed by atoms with Crippen LogP contribution in [0.25, 0.3) is 0 Å². The number of aromatic amines is 2. The number of hydrogen-bond acceptors (Lipinski definition) is 3. The van der Waals surface area contributed by atoms with E-state index in [1.807, 2.05) is 0 Å². The third kappa shape index (κ3) is 1.87. The standard InChI is InChI=1S/C5H8N4OS/c1-3(6-2-10)4-7-5(11)9-8-4/h2-3H,1H3,(H,6,10)(H2,7,8,9,11). The van der Waals surface area contributed by atoms with Gasteiger partial charge in [0.2, 0.25) is 11.2 Å². The zero-order valence-corrected chi connectivity index (χ0v) is 6.73. The molecule has 0 fully saturated rings. The molecule has 0 aliphatic rings. The topological polar surface area (TPSA) is 73.6 Å². The van der Waals surface area contributed by atoms with Gasteiger partial charge in [0.05, 0.1) is 6.04 Å². The number of H-pyrrole nitrogens is 2. The van der Waals surface area contributed by atoms with E-state index in [1.54, 1.807) is 6.92 Å². The van der Waals surface area contributed by atoms with Gasteiger partial charge in [-0.2, -0.15) is 0 Å². The van der Waals surface area contributed by atoms with Crippen molar-refractivity contribution in [3.8, 4) is 0 Å². The van der Waals surface area contributed by atoms with Crippen LogP contribution in [0.2, 0.25) is 0 Å². The molecule has 1 amide bonds. The molecule has 1 unspecified atom stereocenters. The second-order valence-electron chi connectivity index (χ2n) is 2.06. The molecule has 1 aromatic rings. The first kappa shape index (κ1) is 7.93. The van der Waals surface area contributed by atoms with Crippen molar-refractivity contribution in [1.29, 1.82) is 0 Å². The Morgan fingerprint density at radius 3 is 2.91 bits per heavy atom. The summed E-state index contributed by atoms with van der Waals surface area (Å²) >= 11 is 4.72. The molecule has 0 saturated heterocycles. The molecule has 60 valence electrons. The lowest BCUT2D eigenvalue weighted by Gasteiger charge is -2.03. The first-order chi connectivity index (χ1) is 5.24. The number of carbonyl (C=O) groups excluding carboxylic acids is 1. The normalized spacial score (nSPS) is 12.5. The van der Waals surface area contributed by atoms with Crippen LogP contribution in [-0.4, -0.2) is 21.6 Å². The zero-order chi connectivity index (χ0) is 8.27. The minimum Gasteiger partial charge on any atom is -0.349 e. The quantitative estimate of drug-likeness (QED) is 0.452. The number of nitrogens with one attached hydrogen (secondary N) is 3. The Morgan fingerprint density at radius 1 is 1.73 bits per heavy atom. The Bertz CT molecular complexity index is 291. The summed E-state index contributed by atoms with van der Waals surface area (Å²) in [4.78, 5) is 13.9. The van der Waals surface area contributed by atoms with Crippen LogP contribution in [0, 0.1) is 4.77 Å². The maximum absolute atomic E-state index is 10.0. The van der Waals surface area contributed by atoms with Crippen LogP contribution in [0.5, 0.6) is 0 Å². The maximum Gasteiger partial charge on any atom is 0.213 e. The third-order valence-corrected chi connectivity index (χ3v) is 1.44. The van der Waals surface area contributed by atoms with E-state index < -0.39 is 0 Å². The van der Waals surface area contributed by atoms with E-state index in [1.165, 1.54) is 0 Å². The first-order valence-electron chi connectivity index (χ1n) is 3.08. The average Bonchev–Trinajstić information content (AvgIpc) is 2.36. The summed E-state index contributed by atoms with van der Waals surface area (Å²) < 4.78 is 0.388. The van der Waals surface area contributed by atoms with Crippen molar-refractivity contribution < 1.29 is 4.79 Å². The maximum atomic E-state index is 10.0. The van der Waals surface area contributed by atoms with E-state index >= 15 is 0 Å². The van der Waals surface area contributed by atoms with E-state index in [0.717, 1.165) is 0 Å². The summed E-state index contributed by atoms with van der Waals surface area (Å²) in [7, 11) is 0. The van der Waals surface area contributed by atoms with Gasteiger partial charge in [-0.15, -0.1) is 0 Å². The van der Waals surface area contributed by atoms with Crippen LogP contribution < -0.4 is 5.32 Å². The number of amides is 1. The second kappa shape index (κ2) is 3.29. The van der Waals surface area contributed by atoms with Gasteiger partial charge >= 0.3 is 0 Å². The number of aromatic nitrogens is 3. The summed E-state index contributed by atoms with van der Waals surface area (Å²) in [6, 6.07) is -0.138. The smallest absolute Gasteiger partial charge is 0.213 e. The van der Waals surface area contributed by atoms with Gasteiger partial charge in [-0.3, -0.25) is 15.0 Å². The summed E-state index contributed by atoms with van der Waals surface area (Å²) in [6.07, 6.45) is 0.621. The fourth-order valence-electron chi connectivity index (χ4n) is 0.669. The lowest BCUT2D eigenvalue weighted by Crippen LogP contribution is -2.17. The summed E-state index contributed by atoms with van der Waals surface area (Å²) in [5.74, 6) is 0.627. The summed E-state index contributed by atoms with van der Waals surface area (Å²) in [6.45, 7) is 1.80. The Balaban J connectivity index is 2.75. The van der Waals surface area contributed by atoms with Crippen LogP contribution in [0.3, 0.4) is 0 Å². The van der Waals surface area contributed by atoms with Crippen molar-refractivity contribution in [2.45, 2.75) is 13.0 Å². The van der Waals surface area contributed by atoms with E-state index in [0.29, 0.717) is 17.0 Å². The van der Waals surface area contributed by atoms with Gasteiger partial charge in [-0.25, -0.2) is 4.98 Å². The molecule has 0 bridgehead atoms. The SMILES string of the molecule is CC(NC=O)c1nc(=S)[nH][nH]1. The van der Waals surface area contributed by atoms with Crippen LogP contribution >= 0.6 is 12.2 Å². The average molecular weight is 172 g/mol. The zero-order valence-electron chi connectivity index (χ0n) is 5.92. The van der Waals surface area contributed by atoms with E-state index in [4.69, 9.17) is 12.2 Å². The highest BCUT2D eigenvalue weighted by atomic mass is 32.1. The van der Waals surface area contributed by atoms with E-state index in [9.17, 15) is 4.79 Å². The molecular formula is C5H8N4OS. The van der Waals surface area contributed by atoms with Crippen molar-refractivity contribution in [3.05, 3.63) is 10.6 Å². The Hall–Kier alpha value is -1.17. The molecule has 0 saturated carbocycles. The first-order valence-corrected chi connectivity index (χ1v) is 3.49. The predicted molar refractivity (Wildman–Crippen MR) is 41.4 cm³/mol. The number of carbonyl (C=O) groups is 1. The summed E-state index contributed by atoms with van der Waals surface area (Å²) in [5.41, 5.74) is 0. The molecule has 0 spiro atoms. The van der Waals surface area contributed by atoms with Gasteiger partial charge < -0.3 is 5.32 Å². The van der Waals surface area contributed by atoms with Crippen LogP contribution in [0.1, 0.15) is 18.8 Å². The Morgan fingerprint density at radius 2 is 2.45 bits per heavy atom. The molecule has 0 aliphatic heterocycles. The lowest BCUT2D eigenvalue weighted by molar-refractivity contribution is -0.110. The van der Waals surface area contributed by atoms with Crippen LogP contribution in [0.4, 0.5) is 0 Å². The molecule has 1 atom stereocenters. The second-order valence-corrected chi connectivity index (χ2v) is 2.45. The molecule has 0 aromatic carbocycles. The molecule has 0 radical (unpaired) electrons. The molecule has 1 aromatic heterocycles. The molecule has 6 heteroatoms. The van der Waals surface area contributed by atoms with Crippen molar-refractivity contribution >= 4 is 18.6 Å². The molecule has 1 heterocycles. The predicted octanol–water partition coefficient (Wildman–Crippen LogP) is 0.274. The van der Waals surface area contributed by atoms with Crippen molar-refractivity contribution in [2.24, 2.45) is 0 Å². The highest BCUT2D eigenvalue weighted by Crippen LogP contribution is 2.02. The minimum atomic E-state index is -0.138. The lowest BCUT2D eigenvalue weighted by atomic mass is 10.3. The van der Waals surface area contributed by atoms with Crippen molar-refractivity contribution in [1.82, 2.24) is 20.5 Å². The van der Waals surface area contributed by atoms with Gasteiger partial charge in [0.15, 0.2) is 0 Å². The van der Waals surface area contributed by atoms with Gasteiger partial charge in [0.1, 0.15) is 5.82 Å². The minimum absolute atomic E-state index is 0.138. The highest BCUT2D eigenvalue weighted by molar-refractivity contribution is 7.71. The van der Waals surface area contributed by atoms with E-state index in [-0.39, 0.29) is 6.04 Å². The van der Waals surface area contributed by atoms with Gasteiger partial charge in [0.25, 0.3) is 0 Å². The molecule has 0 aliphatic carbocycles. The van der Waals surface area contributed by atoms with Gasteiger partial charge in [-0.05, 0) is 19.1 Å². The fourth-order valence-corrected chi connectivity index (χ4v) is 0.818. The van der Waals surface area contributed by atoms with E-state index in [2.05, 4.69) is 20.5 Å². The third-order valence-electron chi connectivity index (χ3n) is 1.25. The molecule has 5 nitrogen and oxygen atoms in total. The monoisotopic (exact) mass is 172 g/mol. The number of rotatable bonds is 3. The largest absolute Gasteiger partial charge is 0.349 e. The Kier molecular flexibility index (Phi) is 2.37. The van der Waals surface area contributed by atoms with Crippen molar-refractivity contribution in [2.75, 3.05) is 0 Å². The molecule has 11 heavy (non-hydrogen) atoms. The molecule has 3 N–H and O–H groups in total. The highest BCUT2D eigenvalue weighted by Gasteiger charge is 2.05. The number of hydrogen-bond donors (Lipinski definition) is 3. The fraction of sp³-hybridized carbons (Fsp3) is 0.400. The van der Waals surface area contributed by atoms with Crippen LogP contribution in [-0.2, 0) is 4.79 Å². The van der Waals surface area contributed by atoms with Gasteiger partial charge in [0, 0.05) is 0 Å². The van der Waals surface area contributed by atoms with Gasteiger partial charge in [-0.1, -0.05) is 0 Å². The number of nitrogens with zero attached hydrogens (tertiary/aromatic N) is 1. The summed E-state index contributed by atoms with van der Waals surface area (Å²) in [5, 5.41) is 7.89. The Labute approximate surface area is 68.2 Å².